The van der Waals surface area contributed by atoms with E-state index in [-0.39, 0.29) is 29.4 Å². The molecule has 2 aromatic heterocycles. The van der Waals surface area contributed by atoms with E-state index in [0.717, 1.165) is 37.5 Å². The molecule has 5 aromatic rings. The van der Waals surface area contributed by atoms with Crippen LogP contribution < -0.4 is 15.0 Å². The van der Waals surface area contributed by atoms with Crippen molar-refractivity contribution in [3.8, 4) is 29.6 Å². The van der Waals surface area contributed by atoms with Crippen LogP contribution in [0.2, 0.25) is 0 Å². The quantitative estimate of drug-likeness (QED) is 0.145. The van der Waals surface area contributed by atoms with Crippen LogP contribution >= 0.6 is 0 Å². The Kier molecular flexibility index (Phi) is 11.2. The van der Waals surface area contributed by atoms with E-state index in [4.69, 9.17) is 20.8 Å². The zero-order chi connectivity index (χ0) is 37.1. The van der Waals surface area contributed by atoms with Gasteiger partial charge in [0.25, 0.3) is 0 Å². The number of nitrogens with one attached hydrogen (secondary N) is 1. The molecule has 0 amide bonds. The Morgan fingerprint density at radius 2 is 1.72 bits per heavy atom. The van der Waals surface area contributed by atoms with E-state index in [1.165, 1.54) is 64.1 Å². The second-order valence-corrected chi connectivity index (χ2v) is 14.7. The number of halogens is 2. The summed E-state index contributed by atoms with van der Waals surface area (Å²) in [4.78, 5) is 18.5. The summed E-state index contributed by atoms with van der Waals surface area (Å²) in [5.41, 5.74) is 1.37. The van der Waals surface area contributed by atoms with Gasteiger partial charge in [0.1, 0.15) is 22.8 Å². The smallest absolute Gasteiger partial charge is 0.318 e. The van der Waals surface area contributed by atoms with Crippen LogP contribution in [0, 0.1) is 24.0 Å². The monoisotopic (exact) mass is 740 g/mol. The molecule has 4 aliphatic rings. The fourth-order valence-corrected chi connectivity index (χ4v) is 8.33. The third kappa shape index (κ3) is 7.74. The largest absolute Gasteiger partial charge is 0.467 e. The first kappa shape index (κ1) is 36.8. The number of benzene rings is 3. The predicted molar refractivity (Wildman–Crippen MR) is 202 cm³/mol. The molecule has 3 N–H and O–H groups in total. The molecular formula is C40H42F2N6O4S. The van der Waals surface area contributed by atoms with Crippen LogP contribution in [-0.2, 0) is 17.7 Å². The molecule has 10 nitrogen and oxygen atoms in total. The average molecular weight is 741 g/mol. The van der Waals surface area contributed by atoms with Crippen molar-refractivity contribution in [1.29, 1.82) is 0 Å². The number of terminal acetylenes is 1. The summed E-state index contributed by atoms with van der Waals surface area (Å²) in [6.07, 6.45) is 15.3. The van der Waals surface area contributed by atoms with E-state index in [2.05, 4.69) is 36.0 Å². The first-order chi connectivity index (χ1) is 25.8. The SMILES string of the molecule is C#Cc1c(F)ccc2cccc(-c3ncc4c(N5CC6CCC(C5)N6)nc(OC)nc4c3F)c12.C1CC2CCCN2C1.O=S(O)c1ccc(CO)cc1. The zero-order valence-corrected chi connectivity index (χ0v) is 30.3. The average Bonchev–Trinajstić information content (AvgIpc) is 3.92. The van der Waals surface area contributed by atoms with E-state index in [1.54, 1.807) is 42.6 Å². The minimum absolute atomic E-state index is 0.0433. The summed E-state index contributed by atoms with van der Waals surface area (Å²) in [5, 5.41) is 13.9. The van der Waals surface area contributed by atoms with Gasteiger partial charge in [-0.05, 0) is 80.8 Å². The minimum atomic E-state index is -1.92. The molecule has 0 radical (unpaired) electrons. The number of ether oxygens (including phenoxy) is 1. The summed E-state index contributed by atoms with van der Waals surface area (Å²) in [5.74, 6) is 1.84. The Hall–Kier alpha value is -4.58. The first-order valence-electron chi connectivity index (χ1n) is 17.9. The van der Waals surface area contributed by atoms with Gasteiger partial charge < -0.3 is 29.5 Å². The van der Waals surface area contributed by atoms with Gasteiger partial charge in [-0.1, -0.05) is 42.3 Å². The van der Waals surface area contributed by atoms with E-state index >= 15 is 4.39 Å². The van der Waals surface area contributed by atoms with Crippen molar-refractivity contribution in [2.75, 3.05) is 38.2 Å². The molecule has 0 aliphatic carbocycles. The molecule has 13 heteroatoms. The van der Waals surface area contributed by atoms with Crippen LogP contribution in [0.4, 0.5) is 14.6 Å². The molecule has 9 rings (SSSR count). The Morgan fingerprint density at radius 1 is 1.00 bits per heavy atom. The van der Waals surface area contributed by atoms with Crippen LogP contribution in [0.3, 0.4) is 0 Å². The number of nitrogens with zero attached hydrogens (tertiary/aromatic N) is 5. The lowest BCUT2D eigenvalue weighted by Gasteiger charge is -2.34. The Morgan fingerprint density at radius 3 is 2.34 bits per heavy atom. The molecule has 3 unspecified atom stereocenters. The Bertz CT molecular complexity index is 2150. The fraction of sp³-hybridized carbons (Fsp3) is 0.375. The number of piperazine rings is 1. The maximum Gasteiger partial charge on any atom is 0.318 e. The predicted octanol–water partition coefficient (Wildman–Crippen LogP) is 6.06. The van der Waals surface area contributed by atoms with Crippen LogP contribution in [-0.4, -0.2) is 85.1 Å². The van der Waals surface area contributed by atoms with Crippen LogP contribution in [0.5, 0.6) is 6.01 Å². The summed E-state index contributed by atoms with van der Waals surface area (Å²) in [7, 11) is 1.46. The van der Waals surface area contributed by atoms with Crippen molar-refractivity contribution in [2.45, 2.75) is 68.2 Å². The highest BCUT2D eigenvalue weighted by molar-refractivity contribution is 7.79. The van der Waals surface area contributed by atoms with Crippen LogP contribution in [0.25, 0.3) is 32.9 Å². The number of hydrogen-bond acceptors (Lipinski definition) is 9. The molecule has 53 heavy (non-hydrogen) atoms. The van der Waals surface area contributed by atoms with E-state index in [9.17, 15) is 8.60 Å². The lowest BCUT2D eigenvalue weighted by Crippen LogP contribution is -2.51. The molecule has 3 aromatic carbocycles. The second kappa shape index (κ2) is 16.2. The highest BCUT2D eigenvalue weighted by Gasteiger charge is 2.34. The summed E-state index contributed by atoms with van der Waals surface area (Å²) in [6.45, 7) is 4.28. The number of fused-ring (bicyclic) bond motifs is 5. The number of aliphatic hydroxyl groups excluding tert-OH is 1. The third-order valence-corrected chi connectivity index (χ3v) is 11.2. The van der Waals surface area contributed by atoms with Gasteiger partial charge in [-0.2, -0.15) is 9.97 Å². The van der Waals surface area contributed by atoms with Gasteiger partial charge >= 0.3 is 6.01 Å². The van der Waals surface area contributed by atoms with Crippen LogP contribution in [0.15, 0.2) is 65.7 Å². The molecule has 3 atom stereocenters. The van der Waals surface area contributed by atoms with E-state index in [1.807, 2.05) is 0 Å². The van der Waals surface area contributed by atoms with Crippen molar-refractivity contribution in [3.05, 3.63) is 83.6 Å². The highest BCUT2D eigenvalue weighted by atomic mass is 32.2. The number of pyridine rings is 1. The number of hydrogen-bond donors (Lipinski definition) is 3. The molecule has 4 saturated heterocycles. The summed E-state index contributed by atoms with van der Waals surface area (Å²) < 4.78 is 54.9. The fourth-order valence-electron chi connectivity index (χ4n) is 7.96. The van der Waals surface area contributed by atoms with Crippen molar-refractivity contribution >= 4 is 38.6 Å². The number of aliphatic hydroxyl groups is 1. The number of methoxy groups -OCH3 is 1. The summed E-state index contributed by atoms with van der Waals surface area (Å²) >= 11 is -1.92. The third-order valence-electron chi connectivity index (χ3n) is 10.5. The number of anilines is 1. The van der Waals surface area contributed by atoms with Gasteiger partial charge in [0.15, 0.2) is 16.9 Å². The lowest BCUT2D eigenvalue weighted by atomic mass is 9.96. The van der Waals surface area contributed by atoms with Gasteiger partial charge in [-0.25, -0.2) is 13.0 Å². The maximum absolute atomic E-state index is 16.1. The van der Waals surface area contributed by atoms with Gasteiger partial charge in [-0.3, -0.25) is 4.98 Å². The first-order valence-corrected chi connectivity index (χ1v) is 19.0. The molecule has 4 aliphatic heterocycles. The van der Waals surface area contributed by atoms with E-state index in [0.29, 0.717) is 44.5 Å². The standard InChI is InChI=1S/C26H21F2N5O.C7H13N.C7H8O3S/c1-3-17-20(27)10-7-14-5-4-6-18(21(14)17)23-22(28)24-19(11-29-23)25(32-26(31-24)34-2)33-12-15-8-9-16(13-33)30-15;1-3-7-4-2-6-8(7)5-1;8-5-6-1-3-7(4-2-6)11(9)10/h1,4-7,10-11,15-16,30H,8-9,12-13H2,2H3;7H,1-6H2;1-4,8H,5H2,(H,9,10). The number of rotatable bonds is 5. The molecule has 0 spiro atoms. The Balaban J connectivity index is 0.000000185. The molecule has 2 bridgehead atoms. The van der Waals surface area contributed by atoms with Gasteiger partial charge in [-0.15, -0.1) is 6.42 Å². The molecular weight excluding hydrogens is 699 g/mol. The number of aromatic nitrogens is 3. The van der Waals surface area contributed by atoms with Gasteiger partial charge in [0, 0.05) is 48.4 Å². The Labute approximate surface area is 309 Å². The molecule has 6 heterocycles. The molecule has 4 fully saturated rings. The highest BCUT2D eigenvalue weighted by Crippen LogP contribution is 2.37. The van der Waals surface area contributed by atoms with Crippen molar-refractivity contribution in [2.24, 2.45) is 0 Å². The molecule has 276 valence electrons. The van der Waals surface area contributed by atoms with Gasteiger partial charge in [0.05, 0.1) is 29.6 Å². The maximum atomic E-state index is 16.1. The zero-order valence-electron chi connectivity index (χ0n) is 29.5. The second-order valence-electron chi connectivity index (χ2n) is 13.8. The summed E-state index contributed by atoms with van der Waals surface area (Å²) in [6, 6.07) is 16.3. The normalized spacial score (nSPS) is 20.0. The van der Waals surface area contributed by atoms with Crippen molar-refractivity contribution in [1.82, 2.24) is 25.2 Å². The van der Waals surface area contributed by atoms with Crippen molar-refractivity contribution < 1.29 is 27.4 Å². The molecule has 0 saturated carbocycles. The van der Waals surface area contributed by atoms with Crippen LogP contribution in [0.1, 0.15) is 49.7 Å². The topological polar surface area (TPSA) is 124 Å². The van der Waals surface area contributed by atoms with Crippen molar-refractivity contribution in [3.63, 3.8) is 0 Å². The van der Waals surface area contributed by atoms with Gasteiger partial charge in [0.2, 0.25) is 0 Å². The van der Waals surface area contributed by atoms with E-state index < -0.39 is 22.7 Å². The minimum Gasteiger partial charge on any atom is -0.467 e. The lowest BCUT2D eigenvalue weighted by molar-refractivity contribution is 0.282.